The highest BCUT2D eigenvalue weighted by molar-refractivity contribution is 6.31. The molecule has 0 aromatic heterocycles. The summed E-state index contributed by atoms with van der Waals surface area (Å²) in [5, 5.41) is 0.671. The van der Waals surface area contributed by atoms with Crippen molar-refractivity contribution in [3.63, 3.8) is 0 Å². The minimum absolute atomic E-state index is 0.0698. The van der Waals surface area contributed by atoms with Crippen molar-refractivity contribution in [2.45, 2.75) is 20.0 Å². The number of amides is 1. The van der Waals surface area contributed by atoms with Crippen LogP contribution in [-0.2, 0) is 9.53 Å². The predicted octanol–water partition coefficient (Wildman–Crippen LogP) is 2.22. The number of rotatable bonds is 3. The highest BCUT2D eigenvalue weighted by Crippen LogP contribution is 2.29. The molecule has 1 aromatic rings. The highest BCUT2D eigenvalue weighted by Gasteiger charge is 2.34. The third-order valence-corrected chi connectivity index (χ3v) is 4.04. The summed E-state index contributed by atoms with van der Waals surface area (Å²) in [6, 6.07) is 7.59. The normalized spacial score (nSPS) is 20.0. The van der Waals surface area contributed by atoms with E-state index in [1.165, 1.54) is 0 Å². The zero-order valence-electron chi connectivity index (χ0n) is 11.9. The van der Waals surface area contributed by atoms with Gasteiger partial charge in [0.1, 0.15) is 6.10 Å². The summed E-state index contributed by atoms with van der Waals surface area (Å²) in [6.45, 7) is 5.71. The van der Waals surface area contributed by atoms with Crippen molar-refractivity contribution >= 4 is 17.5 Å². The summed E-state index contributed by atoms with van der Waals surface area (Å²) in [7, 11) is 0. The minimum Gasteiger partial charge on any atom is -0.370 e. The summed E-state index contributed by atoms with van der Waals surface area (Å²) >= 11 is 6.20. The number of nitrogens with two attached hydrogens (primary N) is 1. The van der Waals surface area contributed by atoms with Crippen LogP contribution in [0.4, 0.5) is 0 Å². The number of benzene rings is 1. The van der Waals surface area contributed by atoms with E-state index in [4.69, 9.17) is 22.1 Å². The Bertz CT molecular complexity index is 491. The summed E-state index contributed by atoms with van der Waals surface area (Å²) in [6.07, 6.45) is -0.171. The van der Waals surface area contributed by atoms with Crippen molar-refractivity contribution < 1.29 is 9.53 Å². The minimum atomic E-state index is -0.539. The van der Waals surface area contributed by atoms with Crippen molar-refractivity contribution in [2.24, 2.45) is 11.1 Å². The topological polar surface area (TPSA) is 55.6 Å². The Labute approximate surface area is 124 Å². The molecule has 0 bridgehead atoms. The van der Waals surface area contributed by atoms with Gasteiger partial charge in [-0.2, -0.15) is 0 Å². The second-order valence-corrected chi connectivity index (χ2v) is 6.13. The van der Waals surface area contributed by atoms with Crippen LogP contribution in [0.1, 0.15) is 25.5 Å². The van der Waals surface area contributed by atoms with E-state index in [1.54, 1.807) is 0 Å². The lowest BCUT2D eigenvalue weighted by Gasteiger charge is -2.37. The lowest BCUT2D eigenvalue weighted by molar-refractivity contribution is -0.147. The van der Waals surface area contributed by atoms with Gasteiger partial charge in [0.25, 0.3) is 0 Å². The van der Waals surface area contributed by atoms with Gasteiger partial charge < -0.3 is 15.4 Å². The molecule has 0 radical (unpaired) electrons. The molecule has 1 aliphatic heterocycles. The molecule has 1 heterocycles. The van der Waals surface area contributed by atoms with Gasteiger partial charge in [-0.25, -0.2) is 0 Å². The van der Waals surface area contributed by atoms with Crippen LogP contribution in [0, 0.1) is 5.41 Å². The van der Waals surface area contributed by atoms with E-state index >= 15 is 0 Å². The molecule has 0 unspecified atom stereocenters. The average molecular weight is 297 g/mol. The monoisotopic (exact) mass is 296 g/mol. The summed E-state index contributed by atoms with van der Waals surface area (Å²) < 4.78 is 5.76. The van der Waals surface area contributed by atoms with E-state index in [9.17, 15) is 4.79 Å². The number of halogens is 1. The van der Waals surface area contributed by atoms with Gasteiger partial charge in [-0.1, -0.05) is 29.8 Å². The van der Waals surface area contributed by atoms with Crippen molar-refractivity contribution in [1.29, 1.82) is 0 Å². The fraction of sp³-hybridized carbons (Fsp3) is 0.533. The first-order valence-corrected chi connectivity index (χ1v) is 7.19. The maximum atomic E-state index is 12.5. The summed E-state index contributed by atoms with van der Waals surface area (Å²) in [5.74, 6) is 0.0698. The van der Waals surface area contributed by atoms with E-state index in [0.29, 0.717) is 31.3 Å². The lowest BCUT2D eigenvalue weighted by atomic mass is 9.91. The van der Waals surface area contributed by atoms with Crippen LogP contribution < -0.4 is 5.73 Å². The van der Waals surface area contributed by atoms with Crippen molar-refractivity contribution in [1.82, 2.24) is 4.90 Å². The lowest BCUT2D eigenvalue weighted by Crippen LogP contribution is -2.49. The molecule has 1 amide bonds. The Morgan fingerprint density at radius 3 is 2.85 bits per heavy atom. The Kier molecular flexibility index (Phi) is 4.68. The number of hydrogen-bond acceptors (Lipinski definition) is 3. The van der Waals surface area contributed by atoms with Gasteiger partial charge >= 0.3 is 0 Å². The molecule has 2 rings (SSSR count). The zero-order chi connectivity index (χ0) is 14.8. The van der Waals surface area contributed by atoms with E-state index in [0.717, 1.165) is 5.56 Å². The SMILES string of the molecule is CC(C)(CN)C(=O)N1CCO[C@@H](c2ccccc2Cl)C1. The van der Waals surface area contributed by atoms with Crippen LogP contribution in [-0.4, -0.2) is 37.0 Å². The fourth-order valence-electron chi connectivity index (χ4n) is 2.27. The first-order valence-electron chi connectivity index (χ1n) is 6.81. The van der Waals surface area contributed by atoms with Crippen LogP contribution in [0.15, 0.2) is 24.3 Å². The largest absolute Gasteiger partial charge is 0.370 e. The first-order chi connectivity index (χ1) is 9.45. The molecule has 1 saturated heterocycles. The number of carbonyl (C=O) groups is 1. The molecule has 0 spiro atoms. The molecular weight excluding hydrogens is 276 g/mol. The van der Waals surface area contributed by atoms with Crippen molar-refractivity contribution in [3.05, 3.63) is 34.9 Å². The number of hydrogen-bond donors (Lipinski definition) is 1. The Balaban J connectivity index is 2.14. The molecule has 1 aliphatic rings. The van der Waals surface area contributed by atoms with Crippen LogP contribution >= 0.6 is 11.6 Å². The van der Waals surface area contributed by atoms with Gasteiger partial charge in [-0.3, -0.25) is 4.79 Å². The first kappa shape index (κ1) is 15.3. The van der Waals surface area contributed by atoms with Crippen molar-refractivity contribution in [3.8, 4) is 0 Å². The number of carbonyl (C=O) groups excluding carboxylic acids is 1. The maximum absolute atomic E-state index is 12.5. The maximum Gasteiger partial charge on any atom is 0.229 e. The number of nitrogens with zero attached hydrogens (tertiary/aromatic N) is 1. The fourth-order valence-corrected chi connectivity index (χ4v) is 2.53. The average Bonchev–Trinajstić information content (AvgIpc) is 2.47. The highest BCUT2D eigenvalue weighted by atomic mass is 35.5. The Morgan fingerprint density at radius 1 is 1.50 bits per heavy atom. The predicted molar refractivity (Wildman–Crippen MR) is 79.6 cm³/mol. The third kappa shape index (κ3) is 3.14. The second kappa shape index (κ2) is 6.12. The van der Waals surface area contributed by atoms with Gasteiger partial charge in [0, 0.05) is 23.7 Å². The smallest absolute Gasteiger partial charge is 0.229 e. The number of ether oxygens (including phenoxy) is 1. The second-order valence-electron chi connectivity index (χ2n) is 5.72. The van der Waals surface area contributed by atoms with Crippen LogP contribution in [0.5, 0.6) is 0 Å². The Hall–Kier alpha value is -1.10. The summed E-state index contributed by atoms with van der Waals surface area (Å²) in [5.41, 5.74) is 6.07. The molecular formula is C15H21ClN2O2. The Morgan fingerprint density at radius 2 is 2.20 bits per heavy atom. The van der Waals surface area contributed by atoms with Crippen LogP contribution in [0.3, 0.4) is 0 Å². The number of morpholine rings is 1. The van der Waals surface area contributed by atoms with Gasteiger partial charge in [0.2, 0.25) is 5.91 Å². The van der Waals surface area contributed by atoms with Crippen LogP contribution in [0.2, 0.25) is 5.02 Å². The molecule has 0 saturated carbocycles. The summed E-state index contributed by atoms with van der Waals surface area (Å²) in [4.78, 5) is 14.3. The van der Waals surface area contributed by atoms with Gasteiger partial charge in [0.15, 0.2) is 0 Å². The van der Waals surface area contributed by atoms with Gasteiger partial charge in [0.05, 0.1) is 18.6 Å². The third-order valence-electron chi connectivity index (χ3n) is 3.70. The van der Waals surface area contributed by atoms with Gasteiger partial charge in [-0.15, -0.1) is 0 Å². The molecule has 1 atom stereocenters. The molecule has 0 aliphatic carbocycles. The molecule has 4 nitrogen and oxygen atoms in total. The standard InChI is InChI=1S/C15H21ClN2O2/c1-15(2,10-17)14(19)18-7-8-20-13(9-18)11-5-3-4-6-12(11)16/h3-6,13H,7-10,17H2,1-2H3/t13-/m1/s1. The van der Waals surface area contributed by atoms with Gasteiger partial charge in [-0.05, 0) is 19.9 Å². The zero-order valence-corrected chi connectivity index (χ0v) is 12.7. The molecule has 5 heteroatoms. The van der Waals surface area contributed by atoms with Crippen LogP contribution in [0.25, 0.3) is 0 Å². The van der Waals surface area contributed by atoms with Crippen molar-refractivity contribution in [2.75, 3.05) is 26.2 Å². The molecule has 1 fully saturated rings. The van der Waals surface area contributed by atoms with E-state index in [-0.39, 0.29) is 12.0 Å². The van der Waals surface area contributed by atoms with E-state index in [1.807, 2.05) is 43.0 Å². The molecule has 2 N–H and O–H groups in total. The molecule has 20 heavy (non-hydrogen) atoms. The van der Waals surface area contributed by atoms with E-state index < -0.39 is 5.41 Å². The molecule has 1 aromatic carbocycles. The quantitative estimate of drug-likeness (QED) is 0.930. The van der Waals surface area contributed by atoms with E-state index in [2.05, 4.69) is 0 Å². The molecule has 110 valence electrons.